The van der Waals surface area contributed by atoms with Gasteiger partial charge < -0.3 is 9.64 Å². The molecule has 1 fully saturated rings. The van der Waals surface area contributed by atoms with Crippen LogP contribution in [0.15, 0.2) is 30.3 Å². The number of morpholine rings is 1. The first-order valence-corrected chi connectivity index (χ1v) is 4.85. The Bertz CT molecular complexity index is 265. The van der Waals surface area contributed by atoms with Gasteiger partial charge in [-0.2, -0.15) is 0 Å². The molecule has 0 N–H and O–H groups in total. The first-order valence-electron chi connectivity index (χ1n) is 4.41. The molecular formula is C10H12ClNO. The zero-order valence-corrected chi connectivity index (χ0v) is 8.07. The van der Waals surface area contributed by atoms with Crippen molar-refractivity contribution in [1.29, 1.82) is 0 Å². The molecule has 0 radical (unpaired) electrons. The zero-order chi connectivity index (χ0) is 9.10. The summed E-state index contributed by atoms with van der Waals surface area (Å²) in [7, 11) is 0. The van der Waals surface area contributed by atoms with Crippen LogP contribution < -0.4 is 4.90 Å². The molecule has 2 nitrogen and oxygen atoms in total. The summed E-state index contributed by atoms with van der Waals surface area (Å²) in [5.74, 6) is 0. The summed E-state index contributed by atoms with van der Waals surface area (Å²) < 4.78 is 5.26. The van der Waals surface area contributed by atoms with Crippen molar-refractivity contribution in [1.82, 2.24) is 0 Å². The highest BCUT2D eigenvalue weighted by molar-refractivity contribution is 6.22. The van der Waals surface area contributed by atoms with Crippen LogP contribution in [0.1, 0.15) is 0 Å². The van der Waals surface area contributed by atoms with Crippen LogP contribution in [0.5, 0.6) is 0 Å². The van der Waals surface area contributed by atoms with Crippen LogP contribution >= 0.6 is 11.6 Å². The second-order valence-electron chi connectivity index (χ2n) is 3.04. The third-order valence-corrected chi connectivity index (χ3v) is 2.52. The predicted octanol–water partition coefficient (Wildman–Crippen LogP) is 2.09. The predicted molar refractivity (Wildman–Crippen MR) is 54.2 cm³/mol. The number of alkyl halides is 1. The van der Waals surface area contributed by atoms with Crippen molar-refractivity contribution in [2.24, 2.45) is 0 Å². The van der Waals surface area contributed by atoms with E-state index in [2.05, 4.69) is 17.0 Å². The SMILES string of the molecule is ClC1COCCN1c1ccccc1. The van der Waals surface area contributed by atoms with E-state index < -0.39 is 0 Å². The van der Waals surface area contributed by atoms with Crippen molar-refractivity contribution in [2.45, 2.75) is 5.50 Å². The van der Waals surface area contributed by atoms with Crippen molar-refractivity contribution in [3.63, 3.8) is 0 Å². The molecule has 1 saturated heterocycles. The lowest BCUT2D eigenvalue weighted by Gasteiger charge is -2.33. The Hall–Kier alpha value is -0.730. The van der Waals surface area contributed by atoms with Gasteiger partial charge in [0.05, 0.1) is 13.2 Å². The number of anilines is 1. The van der Waals surface area contributed by atoms with Gasteiger partial charge in [-0.05, 0) is 12.1 Å². The number of hydrogen-bond donors (Lipinski definition) is 0. The summed E-state index contributed by atoms with van der Waals surface area (Å²) >= 11 is 6.12. The number of ether oxygens (including phenoxy) is 1. The first-order chi connectivity index (χ1) is 6.38. The molecule has 0 aromatic heterocycles. The van der Waals surface area contributed by atoms with Gasteiger partial charge in [0.1, 0.15) is 5.50 Å². The fourth-order valence-electron chi connectivity index (χ4n) is 1.48. The highest BCUT2D eigenvalue weighted by Crippen LogP contribution is 2.20. The third kappa shape index (κ3) is 1.95. The topological polar surface area (TPSA) is 12.5 Å². The van der Waals surface area contributed by atoms with Crippen LogP contribution in [0.25, 0.3) is 0 Å². The highest BCUT2D eigenvalue weighted by atomic mass is 35.5. The van der Waals surface area contributed by atoms with E-state index in [0.29, 0.717) is 6.61 Å². The van der Waals surface area contributed by atoms with E-state index in [0.717, 1.165) is 13.2 Å². The van der Waals surface area contributed by atoms with Crippen molar-refractivity contribution in [2.75, 3.05) is 24.7 Å². The molecule has 0 bridgehead atoms. The number of halogens is 1. The molecular weight excluding hydrogens is 186 g/mol. The number of para-hydroxylation sites is 1. The Kier molecular flexibility index (Phi) is 2.71. The molecule has 1 aromatic carbocycles. The number of benzene rings is 1. The maximum Gasteiger partial charge on any atom is 0.127 e. The van der Waals surface area contributed by atoms with Gasteiger partial charge in [-0.15, -0.1) is 0 Å². The maximum absolute atomic E-state index is 6.12. The van der Waals surface area contributed by atoms with E-state index in [1.807, 2.05) is 18.2 Å². The number of nitrogens with zero attached hydrogens (tertiary/aromatic N) is 1. The molecule has 1 aliphatic heterocycles. The Morgan fingerprint density at radius 2 is 2.08 bits per heavy atom. The van der Waals surface area contributed by atoms with Crippen molar-refractivity contribution >= 4 is 17.3 Å². The van der Waals surface area contributed by atoms with Crippen LogP contribution in [0.3, 0.4) is 0 Å². The van der Waals surface area contributed by atoms with Gasteiger partial charge in [0, 0.05) is 12.2 Å². The molecule has 1 aliphatic rings. The Labute approximate surface area is 83.1 Å². The molecule has 0 spiro atoms. The molecule has 0 saturated carbocycles. The van der Waals surface area contributed by atoms with Crippen molar-refractivity contribution in [3.05, 3.63) is 30.3 Å². The van der Waals surface area contributed by atoms with Crippen LogP contribution in [0.2, 0.25) is 0 Å². The molecule has 0 aliphatic carbocycles. The lowest BCUT2D eigenvalue weighted by atomic mass is 10.3. The average molecular weight is 198 g/mol. The van der Waals surface area contributed by atoms with E-state index in [1.54, 1.807) is 0 Å². The monoisotopic (exact) mass is 197 g/mol. The molecule has 1 aromatic rings. The van der Waals surface area contributed by atoms with Crippen LogP contribution in [0.4, 0.5) is 5.69 Å². The van der Waals surface area contributed by atoms with E-state index in [1.165, 1.54) is 5.69 Å². The minimum absolute atomic E-state index is 0.0313. The summed E-state index contributed by atoms with van der Waals surface area (Å²) in [6, 6.07) is 10.2. The Balaban J connectivity index is 2.15. The molecule has 1 unspecified atom stereocenters. The van der Waals surface area contributed by atoms with Crippen LogP contribution in [-0.2, 0) is 4.74 Å². The lowest BCUT2D eigenvalue weighted by molar-refractivity contribution is 0.113. The molecule has 70 valence electrons. The van der Waals surface area contributed by atoms with Gasteiger partial charge in [0.2, 0.25) is 0 Å². The van der Waals surface area contributed by atoms with Gasteiger partial charge in [-0.25, -0.2) is 0 Å². The van der Waals surface area contributed by atoms with E-state index in [-0.39, 0.29) is 5.50 Å². The molecule has 2 rings (SSSR count). The zero-order valence-electron chi connectivity index (χ0n) is 7.32. The van der Waals surface area contributed by atoms with E-state index in [4.69, 9.17) is 16.3 Å². The number of rotatable bonds is 1. The van der Waals surface area contributed by atoms with Crippen LogP contribution in [0, 0.1) is 0 Å². The van der Waals surface area contributed by atoms with Crippen molar-refractivity contribution in [3.8, 4) is 0 Å². The summed E-state index contributed by atoms with van der Waals surface area (Å²) in [4.78, 5) is 2.16. The molecule has 13 heavy (non-hydrogen) atoms. The molecule has 1 atom stereocenters. The van der Waals surface area contributed by atoms with Gasteiger partial charge in [-0.3, -0.25) is 0 Å². The average Bonchev–Trinajstić information content (AvgIpc) is 2.20. The van der Waals surface area contributed by atoms with Crippen LogP contribution in [-0.4, -0.2) is 25.3 Å². The largest absolute Gasteiger partial charge is 0.376 e. The van der Waals surface area contributed by atoms with Crippen molar-refractivity contribution < 1.29 is 4.74 Å². The van der Waals surface area contributed by atoms with Gasteiger partial charge >= 0.3 is 0 Å². The highest BCUT2D eigenvalue weighted by Gasteiger charge is 2.20. The molecule has 3 heteroatoms. The molecule has 0 amide bonds. The summed E-state index contributed by atoms with van der Waals surface area (Å²) in [5, 5.41) is 0. The standard InChI is InChI=1S/C10H12ClNO/c11-10-8-13-7-6-12(10)9-4-2-1-3-5-9/h1-5,10H,6-8H2. The fourth-order valence-corrected chi connectivity index (χ4v) is 1.78. The van der Waals surface area contributed by atoms with Gasteiger partial charge in [0.15, 0.2) is 0 Å². The minimum Gasteiger partial charge on any atom is -0.376 e. The normalized spacial score (nSPS) is 23.2. The Morgan fingerprint density at radius 3 is 2.77 bits per heavy atom. The first kappa shape index (κ1) is 8.85. The van der Waals surface area contributed by atoms with E-state index >= 15 is 0 Å². The maximum atomic E-state index is 6.12. The lowest BCUT2D eigenvalue weighted by Crippen LogP contribution is -2.42. The smallest absolute Gasteiger partial charge is 0.127 e. The third-order valence-electron chi connectivity index (χ3n) is 2.16. The summed E-state index contributed by atoms with van der Waals surface area (Å²) in [6.07, 6.45) is 0. The molecule has 1 heterocycles. The fraction of sp³-hybridized carbons (Fsp3) is 0.400. The Morgan fingerprint density at radius 1 is 1.31 bits per heavy atom. The second-order valence-corrected chi connectivity index (χ2v) is 3.54. The van der Waals surface area contributed by atoms with Gasteiger partial charge in [0.25, 0.3) is 0 Å². The second kappa shape index (κ2) is 3.99. The quantitative estimate of drug-likeness (QED) is 0.505. The summed E-state index contributed by atoms with van der Waals surface area (Å²) in [5.41, 5.74) is 1.14. The summed E-state index contributed by atoms with van der Waals surface area (Å²) in [6.45, 7) is 2.24. The number of hydrogen-bond acceptors (Lipinski definition) is 2. The van der Waals surface area contributed by atoms with E-state index in [9.17, 15) is 0 Å². The minimum atomic E-state index is -0.0313. The van der Waals surface area contributed by atoms with Gasteiger partial charge in [-0.1, -0.05) is 29.8 Å².